The van der Waals surface area contributed by atoms with E-state index in [0.717, 1.165) is 37.4 Å². The summed E-state index contributed by atoms with van der Waals surface area (Å²) in [6.07, 6.45) is 5.49. The molecule has 2 aliphatic heterocycles. The second kappa shape index (κ2) is 7.77. The molecule has 1 saturated heterocycles. The zero-order valence-corrected chi connectivity index (χ0v) is 17.6. The summed E-state index contributed by atoms with van der Waals surface area (Å²) in [5, 5.41) is 8.31. The Morgan fingerprint density at radius 3 is 2.76 bits per heavy atom. The number of carbonyl (C=O) groups is 1. The molecule has 9 heteroatoms. The van der Waals surface area contributed by atoms with Crippen LogP contribution in [-0.2, 0) is 16.4 Å². The number of nitrogens with two attached hydrogens (primary N) is 2. The van der Waals surface area contributed by atoms with Gasteiger partial charge in [-0.2, -0.15) is 0 Å². The van der Waals surface area contributed by atoms with Crippen LogP contribution in [0.5, 0.6) is 5.75 Å². The number of anilines is 1. The van der Waals surface area contributed by atoms with E-state index in [1.165, 1.54) is 12.8 Å². The van der Waals surface area contributed by atoms with Crippen molar-refractivity contribution in [1.29, 1.82) is 0 Å². The van der Waals surface area contributed by atoms with Gasteiger partial charge in [0.15, 0.2) is 0 Å². The van der Waals surface area contributed by atoms with Gasteiger partial charge in [0.1, 0.15) is 5.75 Å². The van der Waals surface area contributed by atoms with E-state index in [-0.39, 0.29) is 18.1 Å². The lowest BCUT2D eigenvalue weighted by molar-refractivity contribution is 0.0933. The summed E-state index contributed by atoms with van der Waals surface area (Å²) < 4.78 is 29.2. The molecule has 2 atom stereocenters. The van der Waals surface area contributed by atoms with E-state index >= 15 is 0 Å². The summed E-state index contributed by atoms with van der Waals surface area (Å²) in [4.78, 5) is 15.5. The highest BCUT2D eigenvalue weighted by atomic mass is 32.2. The van der Waals surface area contributed by atoms with Gasteiger partial charge in [0.2, 0.25) is 15.5 Å². The normalized spacial score (nSPS) is 24.8. The van der Waals surface area contributed by atoms with Crippen LogP contribution in [0.15, 0.2) is 6.07 Å². The van der Waals surface area contributed by atoms with Crippen molar-refractivity contribution in [3.63, 3.8) is 0 Å². The summed E-state index contributed by atoms with van der Waals surface area (Å²) in [6.45, 7) is 4.62. The average molecular weight is 423 g/mol. The molecule has 0 radical (unpaired) electrons. The molecular formula is C20H30N4O4S. The van der Waals surface area contributed by atoms with Crippen molar-refractivity contribution < 1.29 is 17.9 Å². The number of aryl methyl sites for hydroxylation is 1. The number of rotatable bonds is 6. The van der Waals surface area contributed by atoms with Gasteiger partial charge in [-0.25, -0.2) is 13.6 Å². The molecule has 1 aromatic carbocycles. The predicted molar refractivity (Wildman–Crippen MR) is 111 cm³/mol. The van der Waals surface area contributed by atoms with Crippen molar-refractivity contribution in [1.82, 2.24) is 10.2 Å². The molecule has 2 fully saturated rings. The maximum absolute atomic E-state index is 13.0. The number of ether oxygens (including phenoxy) is 1. The van der Waals surface area contributed by atoms with Crippen LogP contribution in [-0.4, -0.2) is 50.3 Å². The number of benzene rings is 1. The van der Waals surface area contributed by atoms with Gasteiger partial charge >= 0.3 is 0 Å². The Labute approximate surface area is 172 Å². The molecule has 5 N–H and O–H groups in total. The Kier molecular flexibility index (Phi) is 5.48. The van der Waals surface area contributed by atoms with Gasteiger partial charge in [-0.3, -0.25) is 9.69 Å². The second-order valence-electron chi connectivity index (χ2n) is 8.58. The minimum atomic E-state index is -3.87. The molecule has 160 valence electrons. The van der Waals surface area contributed by atoms with Gasteiger partial charge in [0.25, 0.3) is 5.91 Å². The van der Waals surface area contributed by atoms with Crippen molar-refractivity contribution in [2.45, 2.75) is 56.9 Å². The highest BCUT2D eigenvalue weighted by Gasteiger charge is 2.34. The molecule has 1 aromatic rings. The molecule has 0 spiro atoms. The molecule has 1 aliphatic carbocycles. The molecule has 29 heavy (non-hydrogen) atoms. The lowest BCUT2D eigenvalue weighted by Gasteiger charge is -2.28. The lowest BCUT2D eigenvalue weighted by Crippen LogP contribution is -2.41. The largest absolute Gasteiger partial charge is 0.472 e. The standard InChI is InChI=1S/C20H30N4O4S/c1-12-9-16(19-15(18(12)21)6-7-17(28-19)29(22,26)27)20(25)23-10-14-3-2-8-24(14)11-13-4-5-13/h9,13-14,17H,2-8,10-11,21H2,1H3,(H,23,25)(H2,22,26,27). The third-order valence-electron chi connectivity index (χ3n) is 6.31. The number of nitrogens with one attached hydrogen (secondary N) is 1. The summed E-state index contributed by atoms with van der Waals surface area (Å²) in [5.74, 6) is 0.802. The number of nitrogen functional groups attached to an aromatic ring is 1. The van der Waals surface area contributed by atoms with Crippen molar-refractivity contribution in [3.8, 4) is 5.75 Å². The fourth-order valence-electron chi connectivity index (χ4n) is 4.42. The summed E-state index contributed by atoms with van der Waals surface area (Å²) in [7, 11) is -3.87. The number of nitrogens with zero attached hydrogens (tertiary/aromatic N) is 1. The summed E-state index contributed by atoms with van der Waals surface area (Å²) >= 11 is 0. The molecule has 3 aliphatic rings. The van der Waals surface area contributed by atoms with Gasteiger partial charge in [-0.1, -0.05) is 0 Å². The number of likely N-dealkylation sites (tertiary alicyclic amines) is 1. The van der Waals surface area contributed by atoms with E-state index in [1.807, 2.05) is 6.92 Å². The maximum atomic E-state index is 13.0. The van der Waals surface area contributed by atoms with Crippen molar-refractivity contribution >= 4 is 21.6 Å². The fraction of sp³-hybridized carbons (Fsp3) is 0.650. The van der Waals surface area contributed by atoms with Gasteiger partial charge in [0.05, 0.1) is 5.56 Å². The smallest absolute Gasteiger partial charge is 0.255 e. The minimum Gasteiger partial charge on any atom is -0.472 e. The number of primary sulfonamides is 1. The van der Waals surface area contributed by atoms with Crippen LogP contribution in [0.25, 0.3) is 0 Å². The molecular weight excluding hydrogens is 392 g/mol. The topological polar surface area (TPSA) is 128 Å². The fourth-order valence-corrected chi connectivity index (χ4v) is 5.10. The van der Waals surface area contributed by atoms with E-state index in [2.05, 4.69) is 10.2 Å². The lowest BCUT2D eigenvalue weighted by atomic mass is 9.96. The third kappa shape index (κ3) is 4.36. The molecule has 2 unspecified atom stereocenters. The predicted octanol–water partition coefficient (Wildman–Crippen LogP) is 1.12. The molecule has 2 heterocycles. The van der Waals surface area contributed by atoms with Crippen LogP contribution in [0.1, 0.15) is 53.6 Å². The van der Waals surface area contributed by atoms with E-state index in [1.54, 1.807) is 6.07 Å². The van der Waals surface area contributed by atoms with Gasteiger partial charge in [-0.05, 0) is 63.1 Å². The second-order valence-corrected chi connectivity index (χ2v) is 10.3. The average Bonchev–Trinajstić information content (AvgIpc) is 3.38. The van der Waals surface area contributed by atoms with Gasteiger partial charge in [0, 0.05) is 36.8 Å². The molecule has 0 bridgehead atoms. The van der Waals surface area contributed by atoms with E-state index in [4.69, 9.17) is 15.6 Å². The minimum absolute atomic E-state index is 0.221. The molecule has 8 nitrogen and oxygen atoms in total. The molecule has 0 aromatic heterocycles. The van der Waals surface area contributed by atoms with E-state index in [0.29, 0.717) is 35.8 Å². The zero-order valence-electron chi connectivity index (χ0n) is 16.8. The Bertz CT molecular complexity index is 914. The quantitative estimate of drug-likeness (QED) is 0.590. The summed E-state index contributed by atoms with van der Waals surface area (Å²) in [5.41, 5.74) is 7.34. The Balaban J connectivity index is 1.51. The Morgan fingerprint density at radius 1 is 1.31 bits per heavy atom. The SMILES string of the molecule is Cc1cc(C(=O)NCC2CCCN2CC2CC2)c2c(c1N)CCC(S(N)(=O)=O)O2. The van der Waals surface area contributed by atoms with Crippen molar-refractivity contribution in [2.24, 2.45) is 11.1 Å². The van der Waals surface area contributed by atoms with Crippen molar-refractivity contribution in [3.05, 3.63) is 22.8 Å². The number of sulfonamides is 1. The zero-order chi connectivity index (χ0) is 20.8. The number of carbonyl (C=O) groups excluding carboxylic acids is 1. The van der Waals surface area contributed by atoms with Crippen LogP contribution >= 0.6 is 0 Å². The van der Waals surface area contributed by atoms with Crippen LogP contribution in [0, 0.1) is 12.8 Å². The van der Waals surface area contributed by atoms with Crippen LogP contribution in [0.4, 0.5) is 5.69 Å². The monoisotopic (exact) mass is 422 g/mol. The number of amides is 1. The van der Waals surface area contributed by atoms with Crippen LogP contribution in [0.2, 0.25) is 0 Å². The van der Waals surface area contributed by atoms with E-state index in [9.17, 15) is 13.2 Å². The molecule has 1 amide bonds. The number of hydrogen-bond acceptors (Lipinski definition) is 6. The maximum Gasteiger partial charge on any atom is 0.255 e. The van der Waals surface area contributed by atoms with Crippen molar-refractivity contribution in [2.75, 3.05) is 25.4 Å². The summed E-state index contributed by atoms with van der Waals surface area (Å²) in [6, 6.07) is 2.02. The number of fused-ring (bicyclic) bond motifs is 1. The molecule has 4 rings (SSSR count). The highest BCUT2D eigenvalue weighted by molar-refractivity contribution is 7.89. The van der Waals surface area contributed by atoms with E-state index < -0.39 is 15.5 Å². The Morgan fingerprint density at radius 2 is 2.07 bits per heavy atom. The first kappa shape index (κ1) is 20.4. The first-order chi connectivity index (χ1) is 13.7. The Hall–Kier alpha value is -1.84. The third-order valence-corrected chi connectivity index (χ3v) is 7.37. The van der Waals surface area contributed by atoms with Crippen LogP contribution in [0.3, 0.4) is 0 Å². The van der Waals surface area contributed by atoms with Gasteiger partial charge < -0.3 is 15.8 Å². The molecule has 1 saturated carbocycles. The highest BCUT2D eigenvalue weighted by Crippen LogP contribution is 2.38. The number of hydrogen-bond donors (Lipinski definition) is 3. The van der Waals surface area contributed by atoms with Crippen LogP contribution < -0.4 is 20.9 Å². The van der Waals surface area contributed by atoms with Gasteiger partial charge in [-0.15, -0.1) is 0 Å². The first-order valence-electron chi connectivity index (χ1n) is 10.4. The first-order valence-corrected chi connectivity index (χ1v) is 12.0.